The molecule has 0 aromatic carbocycles. The van der Waals surface area contributed by atoms with Crippen LogP contribution in [0.15, 0.2) is 10.8 Å². The average Bonchev–Trinajstić information content (AvgIpc) is 2.74. The van der Waals surface area contributed by atoms with Gasteiger partial charge in [0.05, 0.1) is 25.4 Å². The molecule has 4 nitrogen and oxygen atoms in total. The minimum atomic E-state index is 0.0132. The Morgan fingerprint density at radius 1 is 1.44 bits per heavy atom. The van der Waals surface area contributed by atoms with Crippen molar-refractivity contribution in [2.75, 3.05) is 26.4 Å². The molecule has 0 saturated heterocycles. The number of hydrogen-bond donors (Lipinski definition) is 1. The van der Waals surface area contributed by atoms with Crippen LogP contribution < -0.4 is 0 Å². The van der Waals surface area contributed by atoms with Gasteiger partial charge in [-0.15, -0.1) is 0 Å². The molecule has 0 aliphatic heterocycles. The highest BCUT2D eigenvalue weighted by Gasteiger charge is 2.20. The molecule has 0 unspecified atom stereocenters. The van der Waals surface area contributed by atoms with Gasteiger partial charge in [0, 0.05) is 18.0 Å². The first-order valence-corrected chi connectivity index (χ1v) is 7.04. The zero-order valence-corrected chi connectivity index (χ0v) is 12.0. The zero-order chi connectivity index (χ0) is 13.5. The molecule has 1 N–H and O–H groups in total. The van der Waals surface area contributed by atoms with Crippen LogP contribution >= 0.6 is 11.3 Å². The Morgan fingerprint density at radius 2 is 2.17 bits per heavy atom. The van der Waals surface area contributed by atoms with Gasteiger partial charge in [-0.25, -0.2) is 0 Å². The van der Waals surface area contributed by atoms with Crippen LogP contribution in [0.4, 0.5) is 0 Å². The van der Waals surface area contributed by atoms with Crippen LogP contribution in [0.25, 0.3) is 0 Å². The number of hydrogen-bond acceptors (Lipinski definition) is 4. The summed E-state index contributed by atoms with van der Waals surface area (Å²) >= 11 is 1.54. The lowest BCUT2D eigenvalue weighted by Crippen LogP contribution is -2.39. The molecule has 0 atom stereocenters. The van der Waals surface area contributed by atoms with E-state index in [2.05, 4.69) is 0 Å². The van der Waals surface area contributed by atoms with Crippen LogP contribution in [0.5, 0.6) is 0 Å². The molecule has 0 aliphatic rings. The van der Waals surface area contributed by atoms with E-state index in [0.29, 0.717) is 19.8 Å². The SMILES string of the molecule is Cc1cscc1C(=O)N(CCOCCO)C(C)C. The number of aliphatic hydroxyl groups excluding tert-OH is 1. The summed E-state index contributed by atoms with van der Waals surface area (Å²) in [7, 11) is 0. The minimum absolute atomic E-state index is 0.0132. The van der Waals surface area contributed by atoms with Gasteiger partial charge in [0.1, 0.15) is 0 Å². The van der Waals surface area contributed by atoms with E-state index in [1.807, 2.05) is 31.5 Å². The van der Waals surface area contributed by atoms with E-state index in [0.717, 1.165) is 11.1 Å². The van der Waals surface area contributed by atoms with Crippen molar-refractivity contribution >= 4 is 17.2 Å². The van der Waals surface area contributed by atoms with Gasteiger partial charge in [-0.2, -0.15) is 11.3 Å². The predicted octanol–water partition coefficient (Wildman–Crippen LogP) is 1.92. The highest BCUT2D eigenvalue weighted by molar-refractivity contribution is 7.08. The average molecular weight is 271 g/mol. The van der Waals surface area contributed by atoms with E-state index < -0.39 is 0 Å². The van der Waals surface area contributed by atoms with Gasteiger partial charge in [0.25, 0.3) is 5.91 Å². The molecule has 1 rings (SSSR count). The highest BCUT2D eigenvalue weighted by Crippen LogP contribution is 2.17. The molecule has 1 aromatic heterocycles. The van der Waals surface area contributed by atoms with Crippen LogP contribution in [0.3, 0.4) is 0 Å². The molecule has 0 radical (unpaired) electrons. The lowest BCUT2D eigenvalue weighted by atomic mass is 10.1. The van der Waals surface area contributed by atoms with Crippen molar-refractivity contribution in [1.82, 2.24) is 4.90 Å². The molecular weight excluding hydrogens is 250 g/mol. The molecule has 0 spiro atoms. The summed E-state index contributed by atoms with van der Waals surface area (Å²) in [5.41, 5.74) is 1.79. The summed E-state index contributed by atoms with van der Waals surface area (Å²) < 4.78 is 5.22. The van der Waals surface area contributed by atoms with Gasteiger partial charge in [-0.05, 0) is 31.7 Å². The number of ether oxygens (including phenoxy) is 1. The van der Waals surface area contributed by atoms with E-state index in [1.54, 1.807) is 16.2 Å². The van der Waals surface area contributed by atoms with Gasteiger partial charge in [-0.3, -0.25) is 4.79 Å². The smallest absolute Gasteiger partial charge is 0.255 e. The van der Waals surface area contributed by atoms with Crippen LogP contribution in [0.1, 0.15) is 29.8 Å². The molecule has 0 fully saturated rings. The Bertz CT molecular complexity index is 376. The third-order valence-electron chi connectivity index (χ3n) is 2.68. The molecular formula is C13H21NO3S. The summed E-state index contributed by atoms with van der Waals surface area (Å²) in [4.78, 5) is 14.2. The largest absolute Gasteiger partial charge is 0.394 e. The van der Waals surface area contributed by atoms with Crippen molar-refractivity contribution in [3.8, 4) is 0 Å². The number of carbonyl (C=O) groups excluding carboxylic acids is 1. The molecule has 1 heterocycles. The predicted molar refractivity (Wildman–Crippen MR) is 73.1 cm³/mol. The third-order valence-corrected chi connectivity index (χ3v) is 3.54. The van der Waals surface area contributed by atoms with Crippen molar-refractivity contribution in [2.24, 2.45) is 0 Å². The maximum Gasteiger partial charge on any atom is 0.255 e. The van der Waals surface area contributed by atoms with E-state index in [-0.39, 0.29) is 18.6 Å². The highest BCUT2D eigenvalue weighted by atomic mass is 32.1. The second-order valence-electron chi connectivity index (χ2n) is 4.40. The van der Waals surface area contributed by atoms with Crippen LogP contribution in [0.2, 0.25) is 0 Å². The standard InChI is InChI=1S/C13H21NO3S/c1-10(2)14(4-6-17-7-5-15)13(16)12-9-18-8-11(12)3/h8-10,15H,4-7H2,1-3H3. The molecule has 18 heavy (non-hydrogen) atoms. The van der Waals surface area contributed by atoms with Crippen molar-refractivity contribution < 1.29 is 14.6 Å². The Kier molecular flexibility index (Phi) is 6.32. The summed E-state index contributed by atoms with van der Waals surface area (Å²) in [5.74, 6) is 0.0522. The number of carbonyl (C=O) groups is 1. The van der Waals surface area contributed by atoms with Gasteiger partial charge >= 0.3 is 0 Å². The Morgan fingerprint density at radius 3 is 2.67 bits per heavy atom. The van der Waals surface area contributed by atoms with Crippen molar-refractivity contribution in [2.45, 2.75) is 26.8 Å². The van der Waals surface area contributed by atoms with Crippen LogP contribution in [0, 0.1) is 6.92 Å². The van der Waals surface area contributed by atoms with Crippen molar-refractivity contribution in [3.05, 3.63) is 21.9 Å². The van der Waals surface area contributed by atoms with Gasteiger partial charge in [0.15, 0.2) is 0 Å². The summed E-state index contributed by atoms with van der Waals surface area (Å²) in [6.45, 7) is 7.26. The number of thiophene rings is 1. The normalized spacial score (nSPS) is 10.9. The number of nitrogens with zero attached hydrogens (tertiary/aromatic N) is 1. The van der Waals surface area contributed by atoms with Gasteiger partial charge in [-0.1, -0.05) is 0 Å². The number of amides is 1. The third kappa shape index (κ3) is 4.08. The van der Waals surface area contributed by atoms with Crippen LogP contribution in [-0.4, -0.2) is 48.3 Å². The fourth-order valence-electron chi connectivity index (χ4n) is 1.66. The second kappa shape index (κ2) is 7.51. The number of aryl methyl sites for hydroxylation is 1. The first kappa shape index (κ1) is 15.1. The fraction of sp³-hybridized carbons (Fsp3) is 0.615. The quantitative estimate of drug-likeness (QED) is 0.771. The molecule has 0 bridgehead atoms. The Hall–Kier alpha value is -0.910. The molecule has 102 valence electrons. The first-order valence-electron chi connectivity index (χ1n) is 6.10. The minimum Gasteiger partial charge on any atom is -0.394 e. The van der Waals surface area contributed by atoms with E-state index in [4.69, 9.17) is 9.84 Å². The summed E-state index contributed by atoms with van der Waals surface area (Å²) in [5, 5.41) is 12.5. The lowest BCUT2D eigenvalue weighted by molar-refractivity contribution is 0.0506. The van der Waals surface area contributed by atoms with Crippen molar-refractivity contribution in [3.63, 3.8) is 0 Å². The summed E-state index contributed by atoms with van der Waals surface area (Å²) in [6.07, 6.45) is 0. The molecule has 1 amide bonds. The first-order chi connectivity index (χ1) is 8.57. The fourth-order valence-corrected chi connectivity index (χ4v) is 2.48. The Balaban J connectivity index is 2.62. The topological polar surface area (TPSA) is 49.8 Å². The number of aliphatic hydroxyl groups is 1. The van der Waals surface area contributed by atoms with E-state index >= 15 is 0 Å². The number of rotatable bonds is 7. The lowest BCUT2D eigenvalue weighted by Gasteiger charge is -2.26. The maximum absolute atomic E-state index is 12.4. The summed E-state index contributed by atoms with van der Waals surface area (Å²) in [6, 6.07) is 0.134. The zero-order valence-electron chi connectivity index (χ0n) is 11.2. The molecule has 0 saturated carbocycles. The molecule has 1 aromatic rings. The van der Waals surface area contributed by atoms with Gasteiger partial charge in [0.2, 0.25) is 0 Å². The monoisotopic (exact) mass is 271 g/mol. The molecule has 0 aliphatic carbocycles. The van der Waals surface area contributed by atoms with Crippen LogP contribution in [-0.2, 0) is 4.74 Å². The maximum atomic E-state index is 12.4. The molecule has 5 heteroatoms. The van der Waals surface area contributed by atoms with Crippen molar-refractivity contribution in [1.29, 1.82) is 0 Å². The second-order valence-corrected chi connectivity index (χ2v) is 5.14. The Labute approximate surface area is 112 Å². The van der Waals surface area contributed by atoms with E-state index in [1.165, 1.54) is 0 Å². The van der Waals surface area contributed by atoms with E-state index in [9.17, 15) is 4.79 Å². The van der Waals surface area contributed by atoms with Gasteiger partial charge < -0.3 is 14.7 Å².